The van der Waals surface area contributed by atoms with Crippen LogP contribution in [0.2, 0.25) is 0 Å². The van der Waals surface area contributed by atoms with Crippen molar-refractivity contribution in [1.82, 2.24) is 15.5 Å². The lowest BCUT2D eigenvalue weighted by atomic mass is 10.1. The zero-order valence-corrected chi connectivity index (χ0v) is 11.4. The molecule has 1 saturated heterocycles. The molecule has 1 heterocycles. The van der Waals surface area contributed by atoms with E-state index < -0.39 is 24.5 Å². The monoisotopic (exact) mass is 295 g/mol. The van der Waals surface area contributed by atoms with Crippen LogP contribution in [0.1, 0.15) is 19.8 Å². The minimum Gasteiger partial charge on any atom is -0.355 e. The van der Waals surface area contributed by atoms with E-state index in [1.807, 2.05) is 6.92 Å². The Hall–Kier alpha value is -1.31. The van der Waals surface area contributed by atoms with Crippen LogP contribution in [0.4, 0.5) is 13.2 Å². The molecule has 2 N–H and O–H groups in total. The van der Waals surface area contributed by atoms with Crippen molar-refractivity contribution in [3.63, 3.8) is 0 Å². The first-order valence-electron chi connectivity index (χ1n) is 6.66. The van der Waals surface area contributed by atoms with Crippen LogP contribution in [0.15, 0.2) is 0 Å². The van der Waals surface area contributed by atoms with E-state index in [9.17, 15) is 22.8 Å². The molecular formula is C12H20F3N3O2. The topological polar surface area (TPSA) is 61.4 Å². The molecule has 1 fully saturated rings. The van der Waals surface area contributed by atoms with E-state index >= 15 is 0 Å². The number of carbonyl (C=O) groups excluding carboxylic acids is 2. The minimum absolute atomic E-state index is 0.149. The summed E-state index contributed by atoms with van der Waals surface area (Å²) in [4.78, 5) is 23.8. The van der Waals surface area contributed by atoms with Crippen LogP contribution in [-0.4, -0.2) is 55.6 Å². The van der Waals surface area contributed by atoms with Gasteiger partial charge in [-0.15, -0.1) is 0 Å². The van der Waals surface area contributed by atoms with Crippen molar-refractivity contribution in [2.75, 3.05) is 32.7 Å². The predicted octanol–water partition coefficient (Wildman–Crippen LogP) is 0.513. The summed E-state index contributed by atoms with van der Waals surface area (Å²) in [5.74, 6) is -1.66. The van der Waals surface area contributed by atoms with Gasteiger partial charge in [0.05, 0.1) is 5.92 Å². The third-order valence-corrected chi connectivity index (χ3v) is 2.98. The quantitative estimate of drug-likeness (QED) is 0.673. The first kappa shape index (κ1) is 16.7. The Morgan fingerprint density at radius 2 is 2.05 bits per heavy atom. The van der Waals surface area contributed by atoms with Crippen LogP contribution in [0, 0.1) is 5.92 Å². The Morgan fingerprint density at radius 3 is 2.65 bits per heavy atom. The van der Waals surface area contributed by atoms with E-state index in [-0.39, 0.29) is 18.9 Å². The zero-order valence-electron chi connectivity index (χ0n) is 11.4. The van der Waals surface area contributed by atoms with Gasteiger partial charge >= 0.3 is 6.18 Å². The number of nitrogens with one attached hydrogen (secondary N) is 2. The van der Waals surface area contributed by atoms with Crippen molar-refractivity contribution in [3.05, 3.63) is 0 Å². The Balaban J connectivity index is 2.31. The Labute approximate surface area is 115 Å². The van der Waals surface area contributed by atoms with E-state index in [1.165, 1.54) is 0 Å². The maximum atomic E-state index is 12.2. The van der Waals surface area contributed by atoms with Crippen molar-refractivity contribution in [1.29, 1.82) is 0 Å². The van der Waals surface area contributed by atoms with Gasteiger partial charge < -0.3 is 15.5 Å². The molecule has 8 heteroatoms. The minimum atomic E-state index is -4.43. The van der Waals surface area contributed by atoms with Crippen LogP contribution < -0.4 is 10.6 Å². The predicted molar refractivity (Wildman–Crippen MR) is 66.9 cm³/mol. The van der Waals surface area contributed by atoms with Crippen LogP contribution in [0.3, 0.4) is 0 Å². The molecule has 0 bridgehead atoms. The molecule has 0 aliphatic carbocycles. The van der Waals surface area contributed by atoms with Crippen molar-refractivity contribution in [2.45, 2.75) is 25.9 Å². The highest BCUT2D eigenvalue weighted by Crippen LogP contribution is 2.23. The van der Waals surface area contributed by atoms with E-state index in [0.29, 0.717) is 18.0 Å². The van der Waals surface area contributed by atoms with E-state index in [1.54, 1.807) is 0 Å². The van der Waals surface area contributed by atoms with Crippen LogP contribution >= 0.6 is 0 Å². The summed E-state index contributed by atoms with van der Waals surface area (Å²) in [6.45, 7) is 2.43. The Morgan fingerprint density at radius 1 is 1.35 bits per heavy atom. The fourth-order valence-electron chi connectivity index (χ4n) is 2.04. The van der Waals surface area contributed by atoms with Crippen molar-refractivity contribution in [3.8, 4) is 0 Å². The van der Waals surface area contributed by atoms with E-state index in [2.05, 4.69) is 10.6 Å². The molecule has 1 unspecified atom stereocenters. The fourth-order valence-corrected chi connectivity index (χ4v) is 2.04. The summed E-state index contributed by atoms with van der Waals surface area (Å²) in [7, 11) is 0. The molecular weight excluding hydrogens is 275 g/mol. The first-order chi connectivity index (χ1) is 9.33. The van der Waals surface area contributed by atoms with Crippen LogP contribution in [0.5, 0.6) is 0 Å². The molecule has 1 atom stereocenters. The standard InChI is InChI=1S/C12H20F3N3O2/c1-2-3-16-4-5-17-11(20)9-6-10(19)18(7-9)8-12(13,14)15/h9,16H,2-8H2,1H3,(H,17,20). The summed E-state index contributed by atoms with van der Waals surface area (Å²) in [6, 6.07) is 0. The van der Waals surface area contributed by atoms with E-state index in [0.717, 1.165) is 13.0 Å². The molecule has 1 aliphatic heterocycles. The Kier molecular flexibility index (Phi) is 6.25. The highest BCUT2D eigenvalue weighted by Gasteiger charge is 2.40. The van der Waals surface area contributed by atoms with E-state index in [4.69, 9.17) is 0 Å². The van der Waals surface area contributed by atoms with Crippen LogP contribution in [0.25, 0.3) is 0 Å². The van der Waals surface area contributed by atoms with Gasteiger partial charge in [0.25, 0.3) is 0 Å². The number of carbonyl (C=O) groups is 2. The largest absolute Gasteiger partial charge is 0.406 e. The number of halogens is 3. The molecule has 0 aromatic carbocycles. The number of hydrogen-bond acceptors (Lipinski definition) is 3. The summed E-state index contributed by atoms with van der Waals surface area (Å²) in [5.41, 5.74) is 0. The molecule has 20 heavy (non-hydrogen) atoms. The number of nitrogens with zero attached hydrogens (tertiary/aromatic N) is 1. The molecule has 0 aromatic rings. The van der Waals surface area contributed by atoms with Gasteiger partial charge in [-0.05, 0) is 13.0 Å². The summed E-state index contributed by atoms with van der Waals surface area (Å²) < 4.78 is 36.7. The third-order valence-electron chi connectivity index (χ3n) is 2.98. The number of likely N-dealkylation sites (tertiary alicyclic amines) is 1. The molecule has 0 radical (unpaired) electrons. The number of amides is 2. The van der Waals surface area contributed by atoms with Gasteiger partial charge in [0.15, 0.2) is 0 Å². The second-order valence-corrected chi connectivity index (χ2v) is 4.83. The summed E-state index contributed by atoms with van der Waals surface area (Å²) >= 11 is 0. The molecule has 116 valence electrons. The lowest BCUT2D eigenvalue weighted by Crippen LogP contribution is -2.38. The average Bonchev–Trinajstić information content (AvgIpc) is 2.68. The van der Waals surface area contributed by atoms with Crippen molar-refractivity contribution < 1.29 is 22.8 Å². The van der Waals surface area contributed by atoms with Gasteiger partial charge in [-0.2, -0.15) is 13.2 Å². The van der Waals surface area contributed by atoms with Gasteiger partial charge in [-0.3, -0.25) is 9.59 Å². The molecule has 2 amide bonds. The van der Waals surface area contributed by atoms with Gasteiger partial charge in [-0.1, -0.05) is 6.92 Å². The smallest absolute Gasteiger partial charge is 0.355 e. The average molecular weight is 295 g/mol. The van der Waals surface area contributed by atoms with Gasteiger partial charge in [0, 0.05) is 26.1 Å². The third kappa shape index (κ3) is 5.77. The zero-order chi connectivity index (χ0) is 15.2. The highest BCUT2D eigenvalue weighted by molar-refractivity contribution is 5.89. The lowest BCUT2D eigenvalue weighted by molar-refractivity contribution is -0.157. The second-order valence-electron chi connectivity index (χ2n) is 4.83. The van der Waals surface area contributed by atoms with Crippen molar-refractivity contribution >= 4 is 11.8 Å². The number of alkyl halides is 3. The lowest BCUT2D eigenvalue weighted by Gasteiger charge is -2.18. The van der Waals surface area contributed by atoms with Crippen molar-refractivity contribution in [2.24, 2.45) is 5.92 Å². The van der Waals surface area contributed by atoms with Gasteiger partial charge in [-0.25, -0.2) is 0 Å². The molecule has 1 rings (SSSR count). The number of hydrogen-bond donors (Lipinski definition) is 2. The molecule has 1 aliphatic rings. The Bertz CT molecular complexity index is 347. The maximum absolute atomic E-state index is 12.2. The molecule has 0 aromatic heterocycles. The summed E-state index contributed by atoms with van der Waals surface area (Å²) in [5, 5.41) is 5.71. The van der Waals surface area contributed by atoms with Gasteiger partial charge in [0.2, 0.25) is 11.8 Å². The molecule has 0 spiro atoms. The van der Waals surface area contributed by atoms with Gasteiger partial charge in [0.1, 0.15) is 6.54 Å². The normalized spacial score (nSPS) is 19.5. The summed E-state index contributed by atoms with van der Waals surface area (Å²) in [6.07, 6.45) is -3.59. The first-order valence-corrected chi connectivity index (χ1v) is 6.66. The maximum Gasteiger partial charge on any atom is 0.406 e. The second kappa shape index (κ2) is 7.47. The highest BCUT2D eigenvalue weighted by atomic mass is 19.4. The fraction of sp³-hybridized carbons (Fsp3) is 0.833. The SMILES string of the molecule is CCCNCCNC(=O)C1CC(=O)N(CC(F)(F)F)C1. The number of rotatable bonds is 7. The molecule has 0 saturated carbocycles. The molecule has 5 nitrogen and oxygen atoms in total. The van der Waals surface area contributed by atoms with Crippen LogP contribution in [-0.2, 0) is 9.59 Å².